The third-order valence-electron chi connectivity index (χ3n) is 3.88. The molecule has 0 bridgehead atoms. The van der Waals surface area contributed by atoms with E-state index in [4.69, 9.17) is 28.9 Å². The molecule has 0 amide bonds. The van der Waals surface area contributed by atoms with E-state index >= 15 is 0 Å². The van der Waals surface area contributed by atoms with E-state index in [0.29, 0.717) is 21.6 Å². The largest absolute Gasteiger partial charge is 0.355 e. The maximum Gasteiger partial charge on any atom is 0.355 e. The Morgan fingerprint density at radius 3 is 2.50 bits per heavy atom. The molecule has 0 saturated heterocycles. The summed E-state index contributed by atoms with van der Waals surface area (Å²) in [5.74, 6) is 0.457. The lowest BCUT2D eigenvalue weighted by Crippen LogP contribution is -2.39. The number of imidazole rings is 1. The maximum absolute atomic E-state index is 12.4. The first-order chi connectivity index (χ1) is 11.5. The molecule has 0 aliphatic heterocycles. The quantitative estimate of drug-likeness (QED) is 0.568. The minimum Gasteiger partial charge on any atom is -0.291 e. The minimum absolute atomic E-state index is 0.0355. The number of halogens is 2. The van der Waals surface area contributed by atoms with Gasteiger partial charge in [-0.25, -0.2) is 9.13 Å². The van der Waals surface area contributed by atoms with Crippen molar-refractivity contribution >= 4 is 34.9 Å². The van der Waals surface area contributed by atoms with Crippen LogP contribution in [-0.4, -0.2) is 10.4 Å². The van der Waals surface area contributed by atoms with E-state index in [1.807, 2.05) is 42.1 Å². The number of nitrogens with zero attached hydrogens (tertiary/aromatic N) is 2. The summed E-state index contributed by atoms with van der Waals surface area (Å²) in [6, 6.07) is 14.3. The van der Waals surface area contributed by atoms with Crippen molar-refractivity contribution < 1.29 is 9.36 Å². The van der Waals surface area contributed by atoms with Gasteiger partial charge in [0.15, 0.2) is 5.78 Å². The predicted molar refractivity (Wildman–Crippen MR) is 96.2 cm³/mol. The Kier molecular flexibility index (Phi) is 4.60. The summed E-state index contributed by atoms with van der Waals surface area (Å²) in [5.41, 5.74) is 8.57. The normalized spacial score (nSPS) is 10.8. The zero-order chi connectivity index (χ0) is 17.3. The number of nitrogens with two attached hydrogens (primary N) is 1. The molecule has 1 aromatic heterocycles. The molecule has 4 nitrogen and oxygen atoms in total. The first-order valence-electron chi connectivity index (χ1n) is 7.35. The van der Waals surface area contributed by atoms with Crippen LogP contribution in [0.4, 0.5) is 5.95 Å². The van der Waals surface area contributed by atoms with Gasteiger partial charge in [0.1, 0.15) is 18.4 Å². The summed E-state index contributed by atoms with van der Waals surface area (Å²) in [5, 5.41) is 1.25. The molecule has 122 valence electrons. The highest BCUT2D eigenvalue weighted by Crippen LogP contribution is 2.23. The van der Waals surface area contributed by atoms with E-state index in [2.05, 4.69) is 0 Å². The van der Waals surface area contributed by atoms with E-state index in [1.165, 1.54) is 0 Å². The van der Waals surface area contributed by atoms with Gasteiger partial charge in [0, 0.05) is 21.2 Å². The van der Waals surface area contributed by atoms with E-state index in [1.54, 1.807) is 28.8 Å². The molecule has 1 heterocycles. The lowest BCUT2D eigenvalue weighted by atomic mass is 10.1. The fourth-order valence-electron chi connectivity index (χ4n) is 2.54. The van der Waals surface area contributed by atoms with Gasteiger partial charge in [0.2, 0.25) is 0 Å². The Bertz CT molecular complexity index is 901. The van der Waals surface area contributed by atoms with Crippen LogP contribution in [0.3, 0.4) is 0 Å². The van der Waals surface area contributed by atoms with Crippen molar-refractivity contribution in [2.24, 2.45) is 7.05 Å². The van der Waals surface area contributed by atoms with Gasteiger partial charge in [-0.2, -0.15) is 0 Å². The number of carbonyl (C=O) groups is 1. The van der Waals surface area contributed by atoms with Crippen LogP contribution in [-0.2, 0) is 13.6 Å². The van der Waals surface area contributed by atoms with Crippen LogP contribution in [0.1, 0.15) is 10.4 Å². The van der Waals surface area contributed by atoms with Gasteiger partial charge in [0.25, 0.3) is 0 Å². The fourth-order valence-corrected chi connectivity index (χ4v) is 2.86. The molecule has 0 aliphatic carbocycles. The van der Waals surface area contributed by atoms with E-state index in [9.17, 15) is 4.79 Å². The van der Waals surface area contributed by atoms with Crippen molar-refractivity contribution in [1.29, 1.82) is 0 Å². The number of benzene rings is 2. The van der Waals surface area contributed by atoms with Crippen molar-refractivity contribution in [3.8, 4) is 11.3 Å². The van der Waals surface area contributed by atoms with Crippen LogP contribution >= 0.6 is 23.2 Å². The molecule has 6 heteroatoms. The lowest BCUT2D eigenvalue weighted by Gasteiger charge is -2.00. The maximum atomic E-state index is 12.4. The summed E-state index contributed by atoms with van der Waals surface area (Å²) in [6.45, 7) is 0.155. The summed E-state index contributed by atoms with van der Waals surface area (Å²) in [6.07, 6.45) is 1.86. The first kappa shape index (κ1) is 16.6. The summed E-state index contributed by atoms with van der Waals surface area (Å²) in [7, 11) is 1.86. The number of hydrogen-bond donors (Lipinski definition) is 1. The second kappa shape index (κ2) is 6.67. The van der Waals surface area contributed by atoms with Crippen molar-refractivity contribution in [3.05, 3.63) is 70.3 Å². The molecule has 0 unspecified atom stereocenters. The number of aromatic nitrogens is 2. The Morgan fingerprint density at radius 2 is 1.83 bits per heavy atom. The molecule has 0 saturated carbocycles. The Hall–Kier alpha value is -2.30. The highest BCUT2D eigenvalue weighted by atomic mass is 35.5. The van der Waals surface area contributed by atoms with Crippen molar-refractivity contribution in [2.75, 3.05) is 5.73 Å². The number of rotatable bonds is 4. The number of ketones is 1. The Balaban J connectivity index is 1.91. The molecule has 0 fully saturated rings. The van der Waals surface area contributed by atoms with Crippen LogP contribution in [0.5, 0.6) is 0 Å². The standard InChI is InChI=1S/C18H15Cl2N3O/c1-22-16(13-3-2-4-15(20)9-13)10-23(18(22)21)11-17(24)12-5-7-14(19)8-6-12/h2-10,21H,11H2,1H3/p+1. The van der Waals surface area contributed by atoms with Gasteiger partial charge in [-0.05, 0) is 36.4 Å². The summed E-state index contributed by atoms with van der Waals surface area (Å²) in [4.78, 5) is 12.4. The Morgan fingerprint density at radius 1 is 1.12 bits per heavy atom. The molecular weight excluding hydrogens is 345 g/mol. The third-order valence-corrected chi connectivity index (χ3v) is 4.36. The molecule has 3 rings (SSSR count). The SMILES string of the molecule is Cn1c(-c2cccc(Cl)c2)c[n+](CC(=O)c2ccc(Cl)cc2)c1N. The summed E-state index contributed by atoms with van der Waals surface area (Å²) < 4.78 is 3.56. The van der Waals surface area contributed by atoms with Crippen molar-refractivity contribution in [2.45, 2.75) is 6.54 Å². The average Bonchev–Trinajstić information content (AvgIpc) is 2.84. The first-order valence-corrected chi connectivity index (χ1v) is 8.10. The molecule has 24 heavy (non-hydrogen) atoms. The predicted octanol–water partition coefficient (Wildman–Crippen LogP) is 3.75. The van der Waals surface area contributed by atoms with Crippen molar-refractivity contribution in [3.63, 3.8) is 0 Å². The molecule has 0 atom stereocenters. The van der Waals surface area contributed by atoms with Crippen LogP contribution in [0.15, 0.2) is 54.7 Å². The van der Waals surface area contributed by atoms with E-state index < -0.39 is 0 Å². The van der Waals surface area contributed by atoms with Gasteiger partial charge < -0.3 is 0 Å². The van der Waals surface area contributed by atoms with Crippen LogP contribution in [0, 0.1) is 0 Å². The van der Waals surface area contributed by atoms with E-state index in [-0.39, 0.29) is 12.3 Å². The Labute approximate surface area is 150 Å². The monoisotopic (exact) mass is 360 g/mol. The van der Waals surface area contributed by atoms with Gasteiger partial charge in [-0.15, -0.1) is 0 Å². The molecule has 2 aromatic carbocycles. The number of anilines is 1. The van der Waals surface area contributed by atoms with Crippen LogP contribution in [0.25, 0.3) is 11.3 Å². The smallest absolute Gasteiger partial charge is 0.291 e. The topological polar surface area (TPSA) is 51.9 Å². The summed E-state index contributed by atoms with van der Waals surface area (Å²) >= 11 is 11.9. The lowest BCUT2D eigenvalue weighted by molar-refractivity contribution is -0.667. The molecule has 0 aliphatic rings. The van der Waals surface area contributed by atoms with E-state index in [0.717, 1.165) is 11.3 Å². The minimum atomic E-state index is -0.0355. The zero-order valence-corrected chi connectivity index (χ0v) is 14.6. The fraction of sp³-hybridized carbons (Fsp3) is 0.111. The van der Waals surface area contributed by atoms with Gasteiger partial charge in [-0.3, -0.25) is 10.5 Å². The van der Waals surface area contributed by atoms with Gasteiger partial charge >= 0.3 is 5.95 Å². The second-order valence-electron chi connectivity index (χ2n) is 5.50. The second-order valence-corrected chi connectivity index (χ2v) is 6.37. The third kappa shape index (κ3) is 3.30. The average molecular weight is 361 g/mol. The van der Waals surface area contributed by atoms with Crippen LogP contribution < -0.4 is 10.3 Å². The van der Waals surface area contributed by atoms with Gasteiger partial charge in [0.05, 0.1) is 7.05 Å². The molecule has 0 spiro atoms. The highest BCUT2D eigenvalue weighted by molar-refractivity contribution is 6.31. The molecular formula is C18H16Cl2N3O+. The van der Waals surface area contributed by atoms with Gasteiger partial charge in [-0.1, -0.05) is 35.3 Å². The molecule has 2 N–H and O–H groups in total. The zero-order valence-electron chi connectivity index (χ0n) is 13.0. The number of hydrogen-bond acceptors (Lipinski definition) is 2. The number of nitrogen functional groups attached to an aromatic ring is 1. The number of Topliss-reactive ketones (excluding diaryl/α,β-unsaturated/α-hetero) is 1. The van der Waals surface area contributed by atoms with Crippen molar-refractivity contribution in [1.82, 2.24) is 4.57 Å². The van der Waals surface area contributed by atoms with Crippen LogP contribution in [0.2, 0.25) is 10.0 Å². The number of carbonyl (C=O) groups excluding carboxylic acids is 1. The molecule has 3 aromatic rings. The molecule has 0 radical (unpaired) electrons. The highest BCUT2D eigenvalue weighted by Gasteiger charge is 2.20.